The molecule has 0 aliphatic heterocycles. The third kappa shape index (κ3) is 4.40. The van der Waals surface area contributed by atoms with Crippen molar-refractivity contribution >= 4 is 17.6 Å². The van der Waals surface area contributed by atoms with Crippen molar-refractivity contribution < 1.29 is 24.6 Å². The molecular weight excluding hydrogens is 432 g/mol. The molecule has 7 nitrogen and oxygen atoms in total. The summed E-state index contributed by atoms with van der Waals surface area (Å²) in [7, 11) is 0. The van der Waals surface area contributed by atoms with Crippen molar-refractivity contribution in [2.24, 2.45) is 39.7 Å². The molecular formula is C27H42N2O5. The molecule has 0 spiro atoms. The topological polar surface area (TPSA) is 108 Å². The van der Waals surface area contributed by atoms with Crippen LogP contribution in [0.1, 0.15) is 85.5 Å². The molecule has 190 valence electrons. The van der Waals surface area contributed by atoms with Crippen LogP contribution >= 0.6 is 0 Å². The number of fused-ring (bicyclic) bond motifs is 5. The van der Waals surface area contributed by atoms with Crippen molar-refractivity contribution in [1.82, 2.24) is 5.32 Å². The van der Waals surface area contributed by atoms with Crippen LogP contribution in [0.4, 0.5) is 0 Å². The van der Waals surface area contributed by atoms with Crippen LogP contribution in [0.3, 0.4) is 0 Å². The maximum absolute atomic E-state index is 12.2. The van der Waals surface area contributed by atoms with E-state index in [0.717, 1.165) is 44.2 Å². The zero-order valence-electron chi connectivity index (χ0n) is 21.2. The van der Waals surface area contributed by atoms with Gasteiger partial charge in [0.25, 0.3) is 5.91 Å². The number of allylic oxidation sites excluding steroid dienone is 2. The zero-order valence-corrected chi connectivity index (χ0v) is 21.2. The lowest BCUT2D eigenvalue weighted by Crippen LogP contribution is -2.51. The number of carboxylic acid groups (broad SMARTS) is 1. The Labute approximate surface area is 203 Å². The molecule has 3 fully saturated rings. The molecule has 0 aromatic rings. The normalized spacial score (nSPS) is 39.8. The molecule has 0 bridgehead atoms. The number of carbonyl (C=O) groups excluding carboxylic acids is 1. The predicted molar refractivity (Wildman–Crippen MR) is 130 cm³/mol. The highest BCUT2D eigenvalue weighted by Gasteiger charge is 2.58. The van der Waals surface area contributed by atoms with Crippen LogP contribution in [-0.2, 0) is 14.4 Å². The Hall–Kier alpha value is -1.89. The van der Waals surface area contributed by atoms with Crippen LogP contribution in [0.15, 0.2) is 16.8 Å². The number of nitrogens with one attached hydrogen (secondary N) is 1. The maximum atomic E-state index is 12.2. The number of aliphatic hydroxyl groups excluding tert-OH is 1. The lowest BCUT2D eigenvalue weighted by Gasteiger charge is -2.57. The van der Waals surface area contributed by atoms with Gasteiger partial charge >= 0.3 is 5.97 Å². The highest BCUT2D eigenvalue weighted by molar-refractivity contribution is 5.96. The quantitative estimate of drug-likeness (QED) is 0.477. The molecule has 0 aromatic heterocycles. The minimum Gasteiger partial charge on any atom is -0.480 e. The Morgan fingerprint density at radius 3 is 2.65 bits per heavy atom. The molecule has 4 aliphatic rings. The third-order valence-electron chi connectivity index (χ3n) is 10.1. The van der Waals surface area contributed by atoms with Crippen molar-refractivity contribution in [2.45, 2.75) is 97.6 Å². The fourth-order valence-corrected chi connectivity index (χ4v) is 7.69. The van der Waals surface area contributed by atoms with E-state index < -0.39 is 17.9 Å². The number of rotatable bonds is 7. The number of hydrogen-bond donors (Lipinski definition) is 3. The summed E-state index contributed by atoms with van der Waals surface area (Å²) in [6.45, 7) is 8.17. The molecule has 3 N–H and O–H groups in total. The first-order valence-electron chi connectivity index (χ1n) is 13.2. The standard InChI is InChI=1S/C27H42N2O5/c1-5-16(2)24(25(32)33)28-23(31)15-34-29-18-10-12-26(3)17(14-18)6-7-19-20-8-9-22(30)27(20,4)13-11-21(19)26/h14,16,19-22,24,30H,5-13,15H2,1-4H3,(H,28,31)(H,32,33)/t16-,19+,20-,21+,22+,24-,26-,27-/m0/s1. The monoisotopic (exact) mass is 474 g/mol. The van der Waals surface area contributed by atoms with Crippen LogP contribution in [0.25, 0.3) is 0 Å². The number of amides is 1. The van der Waals surface area contributed by atoms with Gasteiger partial charge in [0.1, 0.15) is 6.04 Å². The van der Waals surface area contributed by atoms with Crippen molar-refractivity contribution in [3.05, 3.63) is 11.6 Å². The van der Waals surface area contributed by atoms with Gasteiger partial charge in [-0.2, -0.15) is 0 Å². The molecule has 8 atom stereocenters. The second-order valence-corrected chi connectivity index (χ2v) is 11.8. The molecule has 0 saturated heterocycles. The summed E-state index contributed by atoms with van der Waals surface area (Å²) >= 11 is 0. The summed E-state index contributed by atoms with van der Waals surface area (Å²) in [6, 6.07) is -0.917. The van der Waals surface area contributed by atoms with Gasteiger partial charge < -0.3 is 20.4 Å². The highest BCUT2D eigenvalue weighted by Crippen LogP contribution is 2.65. The van der Waals surface area contributed by atoms with E-state index in [-0.39, 0.29) is 29.5 Å². The van der Waals surface area contributed by atoms with E-state index in [0.29, 0.717) is 24.2 Å². The second kappa shape index (κ2) is 9.63. The zero-order chi connectivity index (χ0) is 24.7. The first kappa shape index (κ1) is 25.2. The molecule has 7 heteroatoms. The number of oxime groups is 1. The summed E-state index contributed by atoms with van der Waals surface area (Å²) in [6.07, 6.45) is 11.2. The van der Waals surface area contributed by atoms with Gasteiger partial charge in [-0.3, -0.25) is 4.79 Å². The number of carbonyl (C=O) groups is 2. The minimum atomic E-state index is -1.03. The molecule has 0 unspecified atom stereocenters. The highest BCUT2D eigenvalue weighted by atomic mass is 16.6. The van der Waals surface area contributed by atoms with Gasteiger partial charge in [0.15, 0.2) is 6.61 Å². The fraction of sp³-hybridized carbons (Fsp3) is 0.815. The number of hydrogen-bond acceptors (Lipinski definition) is 5. The summed E-state index contributed by atoms with van der Waals surface area (Å²) in [4.78, 5) is 28.9. The van der Waals surface area contributed by atoms with Crippen LogP contribution in [0, 0.1) is 34.5 Å². The molecule has 34 heavy (non-hydrogen) atoms. The van der Waals surface area contributed by atoms with E-state index in [2.05, 4.69) is 30.4 Å². The second-order valence-electron chi connectivity index (χ2n) is 11.8. The van der Waals surface area contributed by atoms with Crippen LogP contribution in [0.5, 0.6) is 0 Å². The van der Waals surface area contributed by atoms with E-state index in [4.69, 9.17) is 4.84 Å². The number of aliphatic carboxylic acids is 1. The summed E-state index contributed by atoms with van der Waals surface area (Å²) in [5, 5.41) is 26.8. The lowest BCUT2D eigenvalue weighted by molar-refractivity contribution is -0.144. The van der Waals surface area contributed by atoms with Gasteiger partial charge in [-0.05, 0) is 91.9 Å². The molecule has 4 aliphatic carbocycles. The lowest BCUT2D eigenvalue weighted by atomic mass is 9.47. The minimum absolute atomic E-state index is 0.100. The third-order valence-corrected chi connectivity index (χ3v) is 10.1. The predicted octanol–water partition coefficient (Wildman–Crippen LogP) is 4.30. The number of aliphatic hydroxyl groups is 1. The Morgan fingerprint density at radius 2 is 1.94 bits per heavy atom. The Bertz CT molecular complexity index is 869. The molecule has 3 saturated carbocycles. The average Bonchev–Trinajstić information content (AvgIpc) is 3.11. The first-order chi connectivity index (χ1) is 16.1. The number of carboxylic acids is 1. The van der Waals surface area contributed by atoms with E-state index in [1.165, 1.54) is 18.4 Å². The smallest absolute Gasteiger partial charge is 0.326 e. The van der Waals surface area contributed by atoms with E-state index in [9.17, 15) is 19.8 Å². The Kier molecular flexibility index (Phi) is 7.14. The fourth-order valence-electron chi connectivity index (χ4n) is 7.69. The van der Waals surface area contributed by atoms with Crippen LogP contribution in [0.2, 0.25) is 0 Å². The van der Waals surface area contributed by atoms with Gasteiger partial charge in [-0.15, -0.1) is 0 Å². The number of nitrogens with zero attached hydrogens (tertiary/aromatic N) is 1. The van der Waals surface area contributed by atoms with Gasteiger partial charge in [-0.25, -0.2) is 4.79 Å². The van der Waals surface area contributed by atoms with Gasteiger partial charge in [0.05, 0.1) is 11.8 Å². The SMILES string of the molecule is CC[C@H](C)[C@H](NC(=O)CON=C1C=C2CC[C@H]3[C@@H](CC[C@]4(C)[C@H](O)CC[C@@H]34)[C@@]2(C)CC1)C(=O)O. The van der Waals surface area contributed by atoms with Crippen molar-refractivity contribution in [3.63, 3.8) is 0 Å². The Morgan fingerprint density at radius 1 is 1.18 bits per heavy atom. The van der Waals surface area contributed by atoms with Gasteiger partial charge in [0.2, 0.25) is 0 Å². The van der Waals surface area contributed by atoms with Crippen molar-refractivity contribution in [1.29, 1.82) is 0 Å². The van der Waals surface area contributed by atoms with Gasteiger partial charge in [0, 0.05) is 0 Å². The van der Waals surface area contributed by atoms with Crippen molar-refractivity contribution in [2.75, 3.05) is 6.61 Å². The van der Waals surface area contributed by atoms with Crippen LogP contribution < -0.4 is 5.32 Å². The van der Waals surface area contributed by atoms with E-state index in [1.807, 2.05) is 13.8 Å². The van der Waals surface area contributed by atoms with Gasteiger partial charge in [-0.1, -0.05) is 44.8 Å². The largest absolute Gasteiger partial charge is 0.480 e. The summed E-state index contributed by atoms with van der Waals surface area (Å²) in [5.41, 5.74) is 2.60. The first-order valence-corrected chi connectivity index (χ1v) is 13.2. The molecule has 0 radical (unpaired) electrons. The average molecular weight is 475 g/mol. The maximum Gasteiger partial charge on any atom is 0.326 e. The summed E-state index contributed by atoms with van der Waals surface area (Å²) in [5.74, 6) is 0.350. The summed E-state index contributed by atoms with van der Waals surface area (Å²) < 4.78 is 0. The van der Waals surface area contributed by atoms with E-state index in [1.54, 1.807) is 0 Å². The molecule has 1 amide bonds. The van der Waals surface area contributed by atoms with Crippen LogP contribution in [-0.4, -0.2) is 46.6 Å². The van der Waals surface area contributed by atoms with E-state index >= 15 is 0 Å². The van der Waals surface area contributed by atoms with Crippen molar-refractivity contribution in [3.8, 4) is 0 Å². The molecule has 0 heterocycles. The molecule has 4 rings (SSSR count). The molecule has 0 aromatic carbocycles. The Balaban J connectivity index is 1.38.